The first-order valence-corrected chi connectivity index (χ1v) is 4.81. The number of nitrogens with zero attached hydrogens (tertiary/aromatic N) is 1. The number of likely N-dealkylation sites (tertiary alicyclic amines) is 1. The third-order valence-corrected chi connectivity index (χ3v) is 2.23. The molecule has 0 saturated carbocycles. The number of rotatable bonds is 2. The molecule has 1 saturated heterocycles. The van der Waals surface area contributed by atoms with Gasteiger partial charge in [0.25, 0.3) is 0 Å². The molecule has 0 bridgehead atoms. The van der Waals surface area contributed by atoms with E-state index in [-0.39, 0.29) is 0 Å². The summed E-state index contributed by atoms with van der Waals surface area (Å²) in [7, 11) is 0. The summed E-state index contributed by atoms with van der Waals surface area (Å²) < 4.78 is 0. The molecule has 0 amide bonds. The van der Waals surface area contributed by atoms with E-state index in [9.17, 15) is 0 Å². The van der Waals surface area contributed by atoms with Crippen LogP contribution in [0.3, 0.4) is 0 Å². The Hall–Kier alpha value is -0.520. The van der Waals surface area contributed by atoms with Crippen LogP contribution in [-0.4, -0.2) is 31.1 Å². The molecule has 1 heterocycles. The van der Waals surface area contributed by atoms with Gasteiger partial charge in [-0.25, -0.2) is 0 Å². The molecule has 0 spiro atoms. The molecule has 0 aliphatic carbocycles. The summed E-state index contributed by atoms with van der Waals surface area (Å²) >= 11 is 0. The average molecular weight is 166 g/mol. The van der Waals surface area contributed by atoms with Crippen molar-refractivity contribution < 1.29 is 0 Å². The molecule has 1 aliphatic rings. The van der Waals surface area contributed by atoms with Gasteiger partial charge in [0.1, 0.15) is 0 Å². The van der Waals surface area contributed by atoms with E-state index in [0.29, 0.717) is 6.54 Å². The first-order valence-electron chi connectivity index (χ1n) is 4.81. The maximum absolute atomic E-state index is 5.26. The van der Waals surface area contributed by atoms with Crippen molar-refractivity contribution in [1.29, 1.82) is 0 Å². The van der Waals surface area contributed by atoms with Gasteiger partial charge in [-0.05, 0) is 25.9 Å². The summed E-state index contributed by atoms with van der Waals surface area (Å²) in [5.74, 6) is 5.95. The first kappa shape index (κ1) is 9.57. The van der Waals surface area contributed by atoms with Crippen LogP contribution in [0.5, 0.6) is 0 Å². The minimum Gasteiger partial charge on any atom is -0.320 e. The van der Waals surface area contributed by atoms with E-state index in [0.717, 1.165) is 13.0 Å². The van der Waals surface area contributed by atoms with E-state index in [1.54, 1.807) is 0 Å². The van der Waals surface area contributed by atoms with Gasteiger partial charge in [0.05, 0.1) is 6.54 Å². The maximum Gasteiger partial charge on any atom is 0.0551 e. The zero-order chi connectivity index (χ0) is 8.65. The molecule has 2 N–H and O–H groups in total. The highest BCUT2D eigenvalue weighted by Crippen LogP contribution is 2.08. The van der Waals surface area contributed by atoms with Gasteiger partial charge >= 0.3 is 0 Å². The van der Waals surface area contributed by atoms with Crippen molar-refractivity contribution in [3.63, 3.8) is 0 Å². The Balaban J connectivity index is 2.05. The number of hydrogen-bond donors (Lipinski definition) is 1. The van der Waals surface area contributed by atoms with E-state index in [1.807, 2.05) is 0 Å². The minimum absolute atomic E-state index is 0.500. The predicted molar refractivity (Wildman–Crippen MR) is 51.7 cm³/mol. The number of hydrogen-bond acceptors (Lipinski definition) is 2. The van der Waals surface area contributed by atoms with Crippen LogP contribution in [0, 0.1) is 11.8 Å². The number of piperidine rings is 1. The average Bonchev–Trinajstić information content (AvgIpc) is 2.14. The third-order valence-electron chi connectivity index (χ3n) is 2.23. The van der Waals surface area contributed by atoms with Gasteiger partial charge in [-0.3, -0.25) is 0 Å². The van der Waals surface area contributed by atoms with E-state index in [2.05, 4.69) is 16.7 Å². The van der Waals surface area contributed by atoms with E-state index in [1.165, 1.54) is 32.4 Å². The predicted octanol–water partition coefficient (Wildman–Crippen LogP) is 0.825. The molecule has 0 aromatic rings. The van der Waals surface area contributed by atoms with Gasteiger partial charge in [0.15, 0.2) is 0 Å². The van der Waals surface area contributed by atoms with Crippen molar-refractivity contribution in [2.75, 3.05) is 26.2 Å². The SMILES string of the molecule is NCC#CCCN1CCCCC1. The van der Waals surface area contributed by atoms with Crippen LogP contribution < -0.4 is 5.73 Å². The molecule has 0 unspecified atom stereocenters. The van der Waals surface area contributed by atoms with Crippen molar-refractivity contribution in [3.05, 3.63) is 0 Å². The molecule has 68 valence electrons. The van der Waals surface area contributed by atoms with Gasteiger partial charge < -0.3 is 10.6 Å². The largest absolute Gasteiger partial charge is 0.320 e. The highest BCUT2D eigenvalue weighted by Gasteiger charge is 2.07. The Kier molecular flexibility index (Phi) is 4.82. The fourth-order valence-corrected chi connectivity index (χ4v) is 1.56. The lowest BCUT2D eigenvalue weighted by molar-refractivity contribution is 0.234. The fraction of sp³-hybridized carbons (Fsp3) is 0.800. The van der Waals surface area contributed by atoms with Gasteiger partial charge in [0.2, 0.25) is 0 Å². The van der Waals surface area contributed by atoms with Crippen LogP contribution >= 0.6 is 0 Å². The Bertz CT molecular complexity index is 160. The molecular formula is C10H18N2. The summed E-state index contributed by atoms with van der Waals surface area (Å²) in [5, 5.41) is 0. The van der Waals surface area contributed by atoms with Crippen molar-refractivity contribution in [2.45, 2.75) is 25.7 Å². The smallest absolute Gasteiger partial charge is 0.0551 e. The second kappa shape index (κ2) is 6.05. The third kappa shape index (κ3) is 3.75. The van der Waals surface area contributed by atoms with Gasteiger partial charge in [-0.15, -0.1) is 5.92 Å². The molecule has 0 aromatic heterocycles. The Morgan fingerprint density at radius 3 is 2.50 bits per heavy atom. The van der Waals surface area contributed by atoms with E-state index in [4.69, 9.17) is 5.73 Å². The summed E-state index contributed by atoms with van der Waals surface area (Å²) in [6, 6.07) is 0. The molecule has 1 fully saturated rings. The fourth-order valence-electron chi connectivity index (χ4n) is 1.56. The van der Waals surface area contributed by atoms with E-state index < -0.39 is 0 Å². The van der Waals surface area contributed by atoms with E-state index >= 15 is 0 Å². The zero-order valence-electron chi connectivity index (χ0n) is 7.68. The topological polar surface area (TPSA) is 29.3 Å². The van der Waals surface area contributed by atoms with Gasteiger partial charge in [-0.2, -0.15) is 0 Å². The molecule has 0 radical (unpaired) electrons. The van der Waals surface area contributed by atoms with Crippen LogP contribution in [0.4, 0.5) is 0 Å². The lowest BCUT2D eigenvalue weighted by Crippen LogP contribution is -2.30. The normalized spacial score (nSPS) is 18.4. The quantitative estimate of drug-likeness (QED) is 0.615. The van der Waals surface area contributed by atoms with Crippen LogP contribution in [0.15, 0.2) is 0 Å². The molecule has 0 atom stereocenters. The highest BCUT2D eigenvalue weighted by molar-refractivity contribution is 5.00. The first-order chi connectivity index (χ1) is 5.93. The second-order valence-electron chi connectivity index (χ2n) is 3.21. The van der Waals surface area contributed by atoms with Crippen LogP contribution in [0.2, 0.25) is 0 Å². The van der Waals surface area contributed by atoms with Crippen molar-refractivity contribution in [2.24, 2.45) is 5.73 Å². The van der Waals surface area contributed by atoms with Crippen molar-refractivity contribution in [1.82, 2.24) is 4.90 Å². The summed E-state index contributed by atoms with van der Waals surface area (Å²) in [5.41, 5.74) is 5.26. The lowest BCUT2D eigenvalue weighted by Gasteiger charge is -2.25. The molecular weight excluding hydrogens is 148 g/mol. The zero-order valence-corrected chi connectivity index (χ0v) is 7.68. The Labute approximate surface area is 75.1 Å². The summed E-state index contributed by atoms with van der Waals surface area (Å²) in [4.78, 5) is 2.49. The molecule has 1 aliphatic heterocycles. The molecule has 2 heteroatoms. The maximum atomic E-state index is 5.26. The summed E-state index contributed by atoms with van der Waals surface area (Å²) in [6.07, 6.45) is 5.12. The minimum atomic E-state index is 0.500. The van der Waals surface area contributed by atoms with Crippen molar-refractivity contribution in [3.8, 4) is 11.8 Å². The highest BCUT2D eigenvalue weighted by atomic mass is 15.1. The number of nitrogens with two attached hydrogens (primary N) is 1. The van der Waals surface area contributed by atoms with Gasteiger partial charge in [0, 0.05) is 13.0 Å². The van der Waals surface area contributed by atoms with Crippen LogP contribution in [-0.2, 0) is 0 Å². The second-order valence-corrected chi connectivity index (χ2v) is 3.21. The lowest BCUT2D eigenvalue weighted by atomic mass is 10.1. The van der Waals surface area contributed by atoms with Crippen molar-refractivity contribution >= 4 is 0 Å². The molecule has 1 rings (SSSR count). The van der Waals surface area contributed by atoms with Crippen LogP contribution in [0.1, 0.15) is 25.7 Å². The molecule has 0 aromatic carbocycles. The monoisotopic (exact) mass is 166 g/mol. The van der Waals surface area contributed by atoms with Gasteiger partial charge in [-0.1, -0.05) is 12.3 Å². The molecule has 2 nitrogen and oxygen atoms in total. The Morgan fingerprint density at radius 1 is 1.08 bits per heavy atom. The Morgan fingerprint density at radius 2 is 1.83 bits per heavy atom. The molecule has 12 heavy (non-hydrogen) atoms. The summed E-state index contributed by atoms with van der Waals surface area (Å²) in [6.45, 7) is 4.17. The van der Waals surface area contributed by atoms with Crippen LogP contribution in [0.25, 0.3) is 0 Å². The standard InChI is InChI=1S/C10H18N2/c11-7-3-1-4-8-12-9-5-2-6-10-12/h2,4-11H2.